The average molecular weight is 1640 g/mol. The quantitative estimate of drug-likeness (QED) is 0.105. The molecular weight excluding hydrogens is 1500 g/mol. The lowest BCUT2D eigenvalue weighted by molar-refractivity contribution is 0.561. The number of para-hydroxylation sites is 4. The lowest BCUT2D eigenvalue weighted by Gasteiger charge is -2.44. The zero-order valence-electron chi connectivity index (χ0n) is 78.9. The number of benzene rings is 13. The molecule has 0 atom stereocenters. The van der Waals surface area contributed by atoms with E-state index in [1.807, 2.05) is 41.5 Å². The summed E-state index contributed by atoms with van der Waals surface area (Å²) in [6.07, 6.45) is 0. The van der Waals surface area contributed by atoms with Crippen molar-refractivity contribution in [2.75, 3.05) is 0 Å². The number of nitrogens with zero attached hydrogens (tertiary/aromatic N) is 3. The van der Waals surface area contributed by atoms with Gasteiger partial charge in [0.25, 0.3) is 0 Å². The Morgan fingerprint density at radius 2 is 0.508 bits per heavy atom. The standard InChI is InChI=1S/C28H28Si.2C22H21N.C22H24Si.C7H18Si.C5H9N.2C4H10/c1-28(2,3)23-14-13-21-27(22-23)29(24-15-7-4-8-16-24,25-17-9-5-10-18-25)26-19-11-6-12-20-26;1-22(2,3)16-9-8-10-17(15-16)23-20-13-6-4-11-18(20)19-12-5-7-14-21(19)23;1-22(2,3)16-12-14-17(15-13-16)23-20-10-6-4-8-18(20)19-9-5-7-11-21(19)23;1-22(2,3)23(19-13-7-4-8-14-19,20-15-9-5-10-16-20)21-17-11-6-12-18-21;1-7(2,3)8(4,5)6;1-5(2,3)4-6;2*1-4(2)3/h4-22H,1-3H3;2*4-15H,1-3H3;4-18H,1-3H3;1-6H3;1-3H3;2*4H,1-3H3/i;;;;;;4D;. The van der Waals surface area contributed by atoms with E-state index in [4.69, 9.17) is 6.63 Å². The van der Waals surface area contributed by atoms with Gasteiger partial charge in [0.15, 0.2) is 16.1 Å². The first-order chi connectivity index (χ1) is 56.7. The molecule has 2 aromatic heterocycles. The number of hydrogen-bond donors (Lipinski definition) is 0. The predicted molar refractivity (Wildman–Crippen MR) is 541 cm³/mol. The fourth-order valence-electron chi connectivity index (χ4n) is 14.8. The molecular formula is C114H141N3Si3. The van der Waals surface area contributed by atoms with Gasteiger partial charge in [0.1, 0.15) is 0 Å². The van der Waals surface area contributed by atoms with Gasteiger partial charge >= 0.3 is 0 Å². The lowest BCUT2D eigenvalue weighted by atomic mass is 9.87. The number of aromatic nitrogens is 2. The molecule has 0 fully saturated rings. The second-order valence-corrected chi connectivity index (χ2v) is 54.7. The van der Waals surface area contributed by atoms with Crippen molar-refractivity contribution in [2.45, 2.75) is 212 Å². The van der Waals surface area contributed by atoms with Crippen LogP contribution in [0.4, 0.5) is 0 Å². The summed E-state index contributed by atoms with van der Waals surface area (Å²) in [6.45, 7) is 59.5. The molecule has 0 saturated carbocycles. The third-order valence-corrected chi connectivity index (χ3v) is 37.4. The first-order valence-electron chi connectivity index (χ1n) is 43.8. The number of rotatable bonds is 9. The molecule has 0 aliphatic heterocycles. The molecule has 3 nitrogen and oxygen atoms in total. The maximum absolute atomic E-state index is 8.15. The van der Waals surface area contributed by atoms with Crippen LogP contribution in [0.15, 0.2) is 352 Å². The van der Waals surface area contributed by atoms with Crippen molar-refractivity contribution in [2.24, 2.45) is 17.2 Å². The molecule has 624 valence electrons. The van der Waals surface area contributed by atoms with E-state index < -0.39 is 24.2 Å². The molecule has 0 spiro atoms. The fraction of sp³-hybridized carbons (Fsp3) is 0.307. The average Bonchev–Trinajstić information content (AvgIpc) is 1.71. The van der Waals surface area contributed by atoms with Crippen molar-refractivity contribution in [1.29, 1.82) is 5.26 Å². The van der Waals surface area contributed by atoms with Gasteiger partial charge in [-0.3, -0.25) is 0 Å². The Morgan fingerprint density at radius 1 is 0.275 bits per heavy atom. The van der Waals surface area contributed by atoms with Crippen LogP contribution in [0.3, 0.4) is 0 Å². The highest BCUT2D eigenvalue weighted by Gasteiger charge is 2.49. The smallest absolute Gasteiger partial charge is 0.179 e. The molecule has 0 aliphatic rings. The van der Waals surface area contributed by atoms with E-state index in [0.717, 1.165) is 5.92 Å². The maximum Gasteiger partial charge on any atom is 0.179 e. The highest BCUT2D eigenvalue weighted by Crippen LogP contribution is 2.39. The highest BCUT2D eigenvalue weighted by atomic mass is 28.3. The van der Waals surface area contributed by atoms with Gasteiger partial charge < -0.3 is 9.13 Å². The third-order valence-electron chi connectivity index (χ3n) is 22.2. The summed E-state index contributed by atoms with van der Waals surface area (Å²) in [4.78, 5) is 0. The summed E-state index contributed by atoms with van der Waals surface area (Å²) in [5, 5.41) is 24.3. The minimum atomic E-state index is -2.41. The van der Waals surface area contributed by atoms with Gasteiger partial charge in [0.2, 0.25) is 0 Å². The molecule has 0 N–H and O–H groups in total. The molecule has 120 heavy (non-hydrogen) atoms. The van der Waals surface area contributed by atoms with Crippen LogP contribution in [0.25, 0.3) is 55.0 Å². The van der Waals surface area contributed by atoms with Crippen LogP contribution >= 0.6 is 0 Å². The predicted octanol–water partition coefficient (Wildman–Crippen LogP) is 28.5. The Kier molecular flexibility index (Phi) is 32.1. The van der Waals surface area contributed by atoms with Crippen LogP contribution in [0.2, 0.25) is 29.7 Å². The third kappa shape index (κ3) is 24.2. The summed E-state index contributed by atoms with van der Waals surface area (Å²) < 4.78 is 11.7. The lowest BCUT2D eigenvalue weighted by Crippen LogP contribution is -2.74. The SMILES string of the molecule is CC(C)(C)C#N.CC(C)(C)[Si](C)(C)C.CC(C)(C)[Si](c1ccccc1)(c1ccccc1)c1ccccc1.CC(C)(C)c1ccc(-n2c3ccccc3c3ccccc32)cc1.CC(C)(C)c1cccc(-n2c3ccccc3c3ccccc32)c1.CC(C)(C)c1cccc([Si](c2ccccc2)(c2ccccc2)c2ccccc2)c1.CC(C)C.[2H]C(C)(C)C. The first kappa shape index (κ1) is 93.5. The molecule has 15 aromatic rings. The van der Waals surface area contributed by atoms with E-state index in [1.165, 1.54) is 108 Å². The summed E-state index contributed by atoms with van der Waals surface area (Å²) in [5.41, 5.74) is 11.9. The van der Waals surface area contributed by atoms with Gasteiger partial charge in [-0.25, -0.2) is 0 Å². The van der Waals surface area contributed by atoms with E-state index in [0.29, 0.717) is 5.04 Å². The van der Waals surface area contributed by atoms with Crippen LogP contribution in [0.1, 0.15) is 184 Å². The number of fused-ring (bicyclic) bond motifs is 6. The van der Waals surface area contributed by atoms with Crippen molar-refractivity contribution in [3.8, 4) is 17.4 Å². The molecule has 0 aliphatic carbocycles. The normalized spacial score (nSPS) is 12.1. The van der Waals surface area contributed by atoms with Crippen molar-refractivity contribution in [3.63, 3.8) is 0 Å². The molecule has 0 saturated heterocycles. The van der Waals surface area contributed by atoms with E-state index >= 15 is 0 Å². The number of nitriles is 1. The molecule has 15 rings (SSSR count). The van der Waals surface area contributed by atoms with Gasteiger partial charge in [0.05, 0.1) is 28.1 Å². The van der Waals surface area contributed by atoms with Crippen LogP contribution in [0.5, 0.6) is 0 Å². The topological polar surface area (TPSA) is 33.6 Å². The second kappa shape index (κ2) is 41.2. The minimum Gasteiger partial charge on any atom is -0.309 e. The van der Waals surface area contributed by atoms with Crippen molar-refractivity contribution in [3.05, 3.63) is 369 Å². The van der Waals surface area contributed by atoms with Gasteiger partial charge in [-0.15, -0.1) is 0 Å². The molecule has 0 amide bonds. The molecule has 6 heteroatoms. The highest BCUT2D eigenvalue weighted by molar-refractivity contribution is 7.20. The zero-order chi connectivity index (χ0) is 89.0. The van der Waals surface area contributed by atoms with Crippen molar-refractivity contribution in [1.82, 2.24) is 9.13 Å². The molecule has 2 heterocycles. The Morgan fingerprint density at radius 3 is 0.767 bits per heavy atom. The summed E-state index contributed by atoms with van der Waals surface area (Å²) in [7, 11) is -5.39. The van der Waals surface area contributed by atoms with E-state index in [9.17, 15) is 0 Å². The minimum absolute atomic E-state index is 0.111. The van der Waals surface area contributed by atoms with E-state index in [-0.39, 0.29) is 32.6 Å². The van der Waals surface area contributed by atoms with Gasteiger partial charge in [-0.05, 0) is 160 Å². The van der Waals surface area contributed by atoms with E-state index in [1.54, 1.807) is 0 Å². The van der Waals surface area contributed by atoms with Crippen LogP contribution in [-0.2, 0) is 16.2 Å². The van der Waals surface area contributed by atoms with Gasteiger partial charge in [0, 0.05) is 47.8 Å². The van der Waals surface area contributed by atoms with Crippen molar-refractivity contribution >= 4 is 104 Å². The Bertz CT molecular complexity index is 5390. The molecule has 13 aromatic carbocycles. The summed E-state index contributed by atoms with van der Waals surface area (Å²) in [5.74, 6) is 0.583. The summed E-state index contributed by atoms with van der Waals surface area (Å²) in [6, 6.07) is 130. The van der Waals surface area contributed by atoms with Gasteiger partial charge in [-0.1, -0.05) is 468 Å². The first-order valence-corrected chi connectivity index (χ1v) is 50.8. The molecule has 0 radical (unpaired) electrons. The van der Waals surface area contributed by atoms with Gasteiger partial charge in [-0.2, -0.15) is 5.26 Å². The second-order valence-electron chi connectivity index (χ2n) is 40.2. The Labute approximate surface area is 730 Å². The molecule has 0 unspecified atom stereocenters. The fourth-order valence-corrected chi connectivity index (χ4v) is 25.2. The maximum atomic E-state index is 8.15. The van der Waals surface area contributed by atoms with Crippen LogP contribution in [0, 0.1) is 28.6 Å². The monoisotopic (exact) mass is 1640 g/mol. The zero-order valence-corrected chi connectivity index (χ0v) is 80.9. The van der Waals surface area contributed by atoms with Crippen molar-refractivity contribution < 1.29 is 1.37 Å². The Balaban J connectivity index is 0.000000185. The molecule has 0 bridgehead atoms. The van der Waals surface area contributed by atoms with Crippen LogP contribution in [-0.4, -0.2) is 33.4 Å². The summed E-state index contributed by atoms with van der Waals surface area (Å²) >= 11 is 0. The largest absolute Gasteiger partial charge is 0.309 e. The Hall–Kier alpha value is -10.4. The van der Waals surface area contributed by atoms with Crippen LogP contribution < -0.4 is 36.3 Å². The number of hydrogen-bond acceptors (Lipinski definition) is 1. The van der Waals surface area contributed by atoms with E-state index in [2.05, 4.69) is 511 Å².